The molecule has 0 heterocycles. The molecule has 0 radical (unpaired) electrons. The summed E-state index contributed by atoms with van der Waals surface area (Å²) in [5.74, 6) is 0.00732. The molecule has 1 atom stereocenters. The number of rotatable bonds is 6. The second-order valence-corrected chi connectivity index (χ2v) is 4.63. The summed E-state index contributed by atoms with van der Waals surface area (Å²) in [6.45, 7) is 0.635. The Kier molecular flexibility index (Phi) is 4.66. The number of ketones is 1. The summed E-state index contributed by atoms with van der Waals surface area (Å²) in [5.41, 5.74) is 6.69. The molecule has 0 bridgehead atoms. The van der Waals surface area contributed by atoms with E-state index in [0.717, 1.165) is 17.2 Å². The number of methoxy groups -OCH3 is 1. The number of carbonyl (C=O) groups is 1. The highest BCUT2D eigenvalue weighted by Gasteiger charge is 2.17. The van der Waals surface area contributed by atoms with E-state index in [1.165, 1.54) is 0 Å². The summed E-state index contributed by atoms with van der Waals surface area (Å²) in [5, 5.41) is 2.04. The van der Waals surface area contributed by atoms with E-state index in [4.69, 9.17) is 10.5 Å². The van der Waals surface area contributed by atoms with Crippen LogP contribution in [0.3, 0.4) is 0 Å². The monoisotopic (exact) mass is 257 g/mol. The normalized spacial score (nSPS) is 12.5. The highest BCUT2D eigenvalue weighted by atomic mass is 16.5. The predicted octanol–water partition coefficient (Wildman–Crippen LogP) is 2.78. The molecule has 0 aliphatic carbocycles. The lowest BCUT2D eigenvalue weighted by Crippen LogP contribution is -2.30. The minimum Gasteiger partial charge on any atom is -0.385 e. The molecule has 0 aromatic heterocycles. The lowest BCUT2D eigenvalue weighted by atomic mass is 9.96. The van der Waals surface area contributed by atoms with E-state index in [2.05, 4.69) is 0 Å². The zero-order valence-electron chi connectivity index (χ0n) is 11.1. The quantitative estimate of drug-likeness (QED) is 0.639. The van der Waals surface area contributed by atoms with Gasteiger partial charge in [0.2, 0.25) is 0 Å². The lowest BCUT2D eigenvalue weighted by molar-refractivity contribution is 0.0952. The van der Waals surface area contributed by atoms with Crippen molar-refractivity contribution in [2.24, 2.45) is 5.73 Å². The van der Waals surface area contributed by atoms with E-state index in [0.29, 0.717) is 18.6 Å². The van der Waals surface area contributed by atoms with Gasteiger partial charge >= 0.3 is 0 Å². The van der Waals surface area contributed by atoms with Crippen LogP contribution in [0.1, 0.15) is 23.2 Å². The van der Waals surface area contributed by atoms with Crippen molar-refractivity contribution in [3.63, 3.8) is 0 Å². The molecule has 2 aromatic carbocycles. The van der Waals surface area contributed by atoms with Crippen LogP contribution in [0.5, 0.6) is 0 Å². The third kappa shape index (κ3) is 3.19. The van der Waals surface area contributed by atoms with Crippen LogP contribution in [0.4, 0.5) is 0 Å². The molecule has 2 rings (SSSR count). The van der Waals surface area contributed by atoms with Crippen molar-refractivity contribution in [2.75, 3.05) is 13.7 Å². The summed E-state index contributed by atoms with van der Waals surface area (Å²) in [4.78, 5) is 12.4. The summed E-state index contributed by atoms with van der Waals surface area (Å²) in [6.07, 6.45) is 1.45. The van der Waals surface area contributed by atoms with Gasteiger partial charge in [-0.2, -0.15) is 0 Å². The minimum atomic E-state index is -0.457. The summed E-state index contributed by atoms with van der Waals surface area (Å²) in [7, 11) is 1.65. The first-order chi connectivity index (χ1) is 9.24. The molecule has 0 aliphatic heterocycles. The van der Waals surface area contributed by atoms with E-state index in [-0.39, 0.29) is 5.78 Å². The maximum Gasteiger partial charge on any atom is 0.180 e. The van der Waals surface area contributed by atoms with Crippen molar-refractivity contribution in [1.82, 2.24) is 0 Å². The Morgan fingerprint density at radius 3 is 2.74 bits per heavy atom. The van der Waals surface area contributed by atoms with Gasteiger partial charge in [-0.05, 0) is 23.6 Å². The highest BCUT2D eigenvalue weighted by molar-refractivity contribution is 6.10. The number of ether oxygens (including phenoxy) is 1. The van der Waals surface area contributed by atoms with Crippen LogP contribution in [-0.2, 0) is 4.74 Å². The van der Waals surface area contributed by atoms with E-state index in [1.807, 2.05) is 42.5 Å². The molecule has 0 spiro atoms. The maximum atomic E-state index is 12.4. The van der Waals surface area contributed by atoms with E-state index in [1.54, 1.807) is 7.11 Å². The van der Waals surface area contributed by atoms with E-state index < -0.39 is 6.04 Å². The van der Waals surface area contributed by atoms with Crippen molar-refractivity contribution in [1.29, 1.82) is 0 Å². The zero-order chi connectivity index (χ0) is 13.7. The first-order valence-corrected chi connectivity index (χ1v) is 6.50. The van der Waals surface area contributed by atoms with E-state index in [9.17, 15) is 4.79 Å². The largest absolute Gasteiger partial charge is 0.385 e. The second kappa shape index (κ2) is 6.45. The average Bonchev–Trinajstić information content (AvgIpc) is 2.46. The van der Waals surface area contributed by atoms with Crippen LogP contribution < -0.4 is 5.73 Å². The van der Waals surface area contributed by atoms with Crippen molar-refractivity contribution in [3.8, 4) is 0 Å². The van der Waals surface area contributed by atoms with Gasteiger partial charge in [0.1, 0.15) is 0 Å². The van der Waals surface area contributed by atoms with Gasteiger partial charge < -0.3 is 10.5 Å². The van der Waals surface area contributed by atoms with Crippen LogP contribution in [-0.4, -0.2) is 25.5 Å². The number of benzene rings is 2. The average molecular weight is 257 g/mol. The molecule has 19 heavy (non-hydrogen) atoms. The third-order valence-corrected chi connectivity index (χ3v) is 3.26. The minimum absolute atomic E-state index is 0.00732. The summed E-state index contributed by atoms with van der Waals surface area (Å²) < 4.78 is 4.98. The summed E-state index contributed by atoms with van der Waals surface area (Å²) in [6, 6.07) is 13.2. The molecule has 2 N–H and O–H groups in total. The topological polar surface area (TPSA) is 52.3 Å². The zero-order valence-corrected chi connectivity index (χ0v) is 11.1. The number of fused-ring (bicyclic) bond motifs is 1. The molecule has 0 saturated heterocycles. The Bertz CT molecular complexity index is 560. The number of nitrogens with two attached hydrogens (primary N) is 1. The Hall–Kier alpha value is -1.71. The van der Waals surface area contributed by atoms with Gasteiger partial charge in [-0.1, -0.05) is 42.5 Å². The number of Topliss-reactive ketones (excluding diaryl/α,β-unsaturated/α-hetero) is 1. The van der Waals surface area contributed by atoms with Crippen LogP contribution in [0.2, 0.25) is 0 Å². The molecule has 1 unspecified atom stereocenters. The van der Waals surface area contributed by atoms with Gasteiger partial charge in [0.25, 0.3) is 0 Å². The maximum absolute atomic E-state index is 12.4. The first-order valence-electron chi connectivity index (χ1n) is 6.50. The van der Waals surface area contributed by atoms with Gasteiger partial charge in [-0.25, -0.2) is 0 Å². The van der Waals surface area contributed by atoms with Crippen molar-refractivity contribution < 1.29 is 9.53 Å². The molecule has 0 fully saturated rings. The molecular weight excluding hydrogens is 238 g/mol. The van der Waals surface area contributed by atoms with Crippen LogP contribution >= 0.6 is 0 Å². The van der Waals surface area contributed by atoms with Gasteiger partial charge in [-0.15, -0.1) is 0 Å². The fourth-order valence-electron chi connectivity index (χ4n) is 2.22. The SMILES string of the molecule is COCCCC(N)C(=O)c1cccc2ccccc12. The Morgan fingerprint density at radius 1 is 1.21 bits per heavy atom. The molecule has 3 heteroatoms. The second-order valence-electron chi connectivity index (χ2n) is 4.63. The smallest absolute Gasteiger partial charge is 0.180 e. The predicted molar refractivity (Wildman–Crippen MR) is 77.4 cm³/mol. The Labute approximate surface area is 113 Å². The van der Waals surface area contributed by atoms with Crippen molar-refractivity contribution in [2.45, 2.75) is 18.9 Å². The number of carbonyl (C=O) groups excluding carboxylic acids is 1. The number of hydrogen-bond acceptors (Lipinski definition) is 3. The lowest BCUT2D eigenvalue weighted by Gasteiger charge is -2.12. The third-order valence-electron chi connectivity index (χ3n) is 3.26. The fraction of sp³-hybridized carbons (Fsp3) is 0.312. The van der Waals surface area contributed by atoms with E-state index >= 15 is 0 Å². The Morgan fingerprint density at radius 2 is 1.95 bits per heavy atom. The van der Waals surface area contributed by atoms with Crippen LogP contribution in [0.25, 0.3) is 10.8 Å². The molecule has 3 nitrogen and oxygen atoms in total. The molecule has 0 amide bonds. The Balaban J connectivity index is 2.21. The number of hydrogen-bond donors (Lipinski definition) is 1. The fourth-order valence-corrected chi connectivity index (χ4v) is 2.22. The van der Waals surface area contributed by atoms with Crippen molar-refractivity contribution >= 4 is 16.6 Å². The van der Waals surface area contributed by atoms with Crippen LogP contribution in [0.15, 0.2) is 42.5 Å². The molecule has 0 saturated carbocycles. The standard InChI is InChI=1S/C16H19NO2/c1-19-11-5-10-15(17)16(18)14-9-4-7-12-6-2-3-8-13(12)14/h2-4,6-9,15H,5,10-11,17H2,1H3. The van der Waals surface area contributed by atoms with Gasteiger partial charge in [0.15, 0.2) is 5.78 Å². The molecule has 0 aliphatic rings. The molecule has 2 aromatic rings. The highest BCUT2D eigenvalue weighted by Crippen LogP contribution is 2.20. The first kappa shape index (κ1) is 13.7. The van der Waals surface area contributed by atoms with Gasteiger partial charge in [0, 0.05) is 19.3 Å². The van der Waals surface area contributed by atoms with Crippen molar-refractivity contribution in [3.05, 3.63) is 48.0 Å². The molecule has 100 valence electrons. The summed E-state index contributed by atoms with van der Waals surface area (Å²) >= 11 is 0. The van der Waals surface area contributed by atoms with Crippen LogP contribution in [0, 0.1) is 0 Å². The van der Waals surface area contributed by atoms with Gasteiger partial charge in [0.05, 0.1) is 6.04 Å². The molecular formula is C16H19NO2. The van der Waals surface area contributed by atoms with Gasteiger partial charge in [-0.3, -0.25) is 4.79 Å².